The molecule has 0 radical (unpaired) electrons. The first-order valence-electron chi connectivity index (χ1n) is 10.2. The minimum atomic E-state index is -1.34. The van der Waals surface area contributed by atoms with Gasteiger partial charge in [-0.05, 0) is 11.1 Å². The summed E-state index contributed by atoms with van der Waals surface area (Å²) in [6.45, 7) is 0.717. The van der Waals surface area contributed by atoms with Crippen LogP contribution in [0, 0.1) is 0 Å². The molecule has 2 aliphatic heterocycles. The first-order chi connectivity index (χ1) is 14.6. The van der Waals surface area contributed by atoms with E-state index in [0.717, 1.165) is 11.1 Å². The van der Waals surface area contributed by atoms with E-state index in [1.807, 2.05) is 60.7 Å². The third-order valence-corrected chi connectivity index (χ3v) is 5.53. The van der Waals surface area contributed by atoms with E-state index < -0.39 is 36.3 Å². The summed E-state index contributed by atoms with van der Waals surface area (Å²) in [5.74, 6) is -1.34. The topological polar surface area (TPSA) is 97.6 Å². The molecule has 2 aliphatic rings. The van der Waals surface area contributed by atoms with Gasteiger partial charge in [-0.25, -0.2) is 0 Å². The van der Waals surface area contributed by atoms with Crippen LogP contribution < -0.4 is 0 Å². The Morgan fingerprint density at radius 1 is 0.867 bits per heavy atom. The van der Waals surface area contributed by atoms with Gasteiger partial charge in [-0.1, -0.05) is 60.7 Å². The first kappa shape index (κ1) is 21.4. The average Bonchev–Trinajstić information content (AvgIpc) is 3.14. The molecule has 0 aliphatic carbocycles. The molecule has 2 aromatic rings. The van der Waals surface area contributed by atoms with Crippen LogP contribution in [0.15, 0.2) is 60.7 Å². The van der Waals surface area contributed by atoms with E-state index in [-0.39, 0.29) is 26.2 Å². The van der Waals surface area contributed by atoms with Crippen LogP contribution in [0.3, 0.4) is 0 Å². The third kappa shape index (κ3) is 4.73. The molecule has 2 saturated heterocycles. The molecule has 162 valence electrons. The highest BCUT2D eigenvalue weighted by Gasteiger charge is 2.59. The minimum absolute atomic E-state index is 0.0692. The molecule has 0 amide bonds. The Hall–Kier alpha value is -1.84. The molecule has 4 rings (SSSR count). The van der Waals surface area contributed by atoms with E-state index in [0.29, 0.717) is 6.61 Å². The van der Waals surface area contributed by atoms with Crippen LogP contribution in [0.4, 0.5) is 0 Å². The van der Waals surface area contributed by atoms with Gasteiger partial charge in [-0.3, -0.25) is 0 Å². The number of ether oxygens (including phenoxy) is 4. The van der Waals surface area contributed by atoms with E-state index in [4.69, 9.17) is 18.9 Å². The van der Waals surface area contributed by atoms with Crippen LogP contribution >= 0.6 is 0 Å². The summed E-state index contributed by atoms with van der Waals surface area (Å²) in [4.78, 5) is 0. The van der Waals surface area contributed by atoms with Crippen LogP contribution in [0.1, 0.15) is 17.5 Å². The van der Waals surface area contributed by atoms with Crippen molar-refractivity contribution in [3.8, 4) is 0 Å². The molecule has 2 fully saturated rings. The van der Waals surface area contributed by atoms with Gasteiger partial charge in [0, 0.05) is 6.42 Å². The normalized spacial score (nSPS) is 33.8. The standard InChI is InChI=1S/C23H28O7/c24-18-11-23(29-14-18)22(28-13-17-9-5-2-6-10-17)21(26)20(25)19(30-23)15-27-12-16-7-3-1-4-8-16/h1-10,18-22,24-26H,11-15H2/t18-,19+,20+,21-,22+,23-/m0/s1. The van der Waals surface area contributed by atoms with Crippen molar-refractivity contribution in [3.05, 3.63) is 71.8 Å². The van der Waals surface area contributed by atoms with Gasteiger partial charge in [0.1, 0.15) is 24.4 Å². The lowest BCUT2D eigenvalue weighted by Gasteiger charge is -2.48. The predicted molar refractivity (Wildman–Crippen MR) is 107 cm³/mol. The van der Waals surface area contributed by atoms with Gasteiger partial charge >= 0.3 is 0 Å². The molecule has 30 heavy (non-hydrogen) atoms. The van der Waals surface area contributed by atoms with E-state index in [2.05, 4.69) is 0 Å². The minimum Gasteiger partial charge on any atom is -0.391 e. The lowest BCUT2D eigenvalue weighted by molar-refractivity contribution is -0.360. The quantitative estimate of drug-likeness (QED) is 0.627. The largest absolute Gasteiger partial charge is 0.391 e. The predicted octanol–water partition coefficient (Wildman–Crippen LogP) is 1.39. The summed E-state index contributed by atoms with van der Waals surface area (Å²) in [5, 5.41) is 31.6. The lowest BCUT2D eigenvalue weighted by atomic mass is 9.90. The van der Waals surface area contributed by atoms with Crippen molar-refractivity contribution in [1.29, 1.82) is 0 Å². The van der Waals surface area contributed by atoms with Gasteiger partial charge < -0.3 is 34.3 Å². The summed E-state index contributed by atoms with van der Waals surface area (Å²) in [5.41, 5.74) is 1.91. The van der Waals surface area contributed by atoms with Crippen molar-refractivity contribution < 1.29 is 34.3 Å². The second-order valence-electron chi connectivity index (χ2n) is 7.84. The number of aliphatic hydroxyl groups excluding tert-OH is 3. The van der Waals surface area contributed by atoms with Crippen molar-refractivity contribution in [1.82, 2.24) is 0 Å². The highest BCUT2D eigenvalue weighted by molar-refractivity contribution is 5.14. The smallest absolute Gasteiger partial charge is 0.200 e. The molecule has 2 aromatic carbocycles. The molecular weight excluding hydrogens is 388 g/mol. The van der Waals surface area contributed by atoms with Crippen molar-refractivity contribution in [2.24, 2.45) is 0 Å². The zero-order valence-corrected chi connectivity index (χ0v) is 16.7. The maximum atomic E-state index is 10.8. The zero-order valence-electron chi connectivity index (χ0n) is 16.7. The number of benzene rings is 2. The molecule has 1 spiro atoms. The fourth-order valence-corrected chi connectivity index (χ4v) is 4.00. The summed E-state index contributed by atoms with van der Waals surface area (Å²) < 4.78 is 23.5. The van der Waals surface area contributed by atoms with E-state index >= 15 is 0 Å². The Labute approximate surface area is 175 Å². The van der Waals surface area contributed by atoms with Crippen molar-refractivity contribution in [2.45, 2.75) is 55.9 Å². The summed E-state index contributed by atoms with van der Waals surface area (Å²) in [6.07, 6.45) is -4.82. The van der Waals surface area contributed by atoms with Gasteiger partial charge in [0.2, 0.25) is 5.79 Å². The van der Waals surface area contributed by atoms with Crippen molar-refractivity contribution in [3.63, 3.8) is 0 Å². The Bertz CT molecular complexity index is 785. The number of aliphatic hydroxyl groups is 3. The van der Waals surface area contributed by atoms with Gasteiger partial charge in [-0.15, -0.1) is 0 Å². The average molecular weight is 416 g/mol. The van der Waals surface area contributed by atoms with Crippen molar-refractivity contribution >= 4 is 0 Å². The lowest BCUT2D eigenvalue weighted by Crippen LogP contribution is -2.66. The number of rotatable bonds is 7. The molecule has 0 saturated carbocycles. The number of hydrogen-bond acceptors (Lipinski definition) is 7. The Morgan fingerprint density at radius 2 is 1.50 bits per heavy atom. The molecule has 7 heteroatoms. The first-order valence-corrected chi connectivity index (χ1v) is 10.2. The Balaban J connectivity index is 1.43. The molecule has 7 nitrogen and oxygen atoms in total. The van der Waals surface area contributed by atoms with E-state index in [1.54, 1.807) is 0 Å². The molecule has 6 atom stereocenters. The summed E-state index contributed by atoms with van der Waals surface area (Å²) in [6, 6.07) is 19.2. The second kappa shape index (κ2) is 9.53. The van der Waals surface area contributed by atoms with Crippen LogP contribution in [0.25, 0.3) is 0 Å². The maximum Gasteiger partial charge on any atom is 0.200 e. The Kier molecular flexibility index (Phi) is 6.80. The SMILES string of the molecule is O[C@@H]1CO[C@@]2(C1)O[C@H](COCc1ccccc1)[C@@H](O)[C@H](O)[C@H]2OCc1ccccc1. The zero-order chi connectivity index (χ0) is 21.0. The molecular formula is C23H28O7. The fourth-order valence-electron chi connectivity index (χ4n) is 4.00. The molecule has 0 unspecified atom stereocenters. The van der Waals surface area contributed by atoms with Crippen molar-refractivity contribution in [2.75, 3.05) is 13.2 Å². The second-order valence-corrected chi connectivity index (χ2v) is 7.84. The van der Waals surface area contributed by atoms with Crippen LogP contribution in [0.2, 0.25) is 0 Å². The number of hydrogen-bond donors (Lipinski definition) is 3. The van der Waals surface area contributed by atoms with E-state index in [9.17, 15) is 15.3 Å². The maximum absolute atomic E-state index is 10.8. The van der Waals surface area contributed by atoms with Crippen LogP contribution in [0.5, 0.6) is 0 Å². The molecule has 0 bridgehead atoms. The molecule has 2 heterocycles. The monoisotopic (exact) mass is 416 g/mol. The van der Waals surface area contributed by atoms with E-state index in [1.165, 1.54) is 0 Å². The fraction of sp³-hybridized carbons (Fsp3) is 0.478. The molecule has 3 N–H and O–H groups in total. The van der Waals surface area contributed by atoms with Gasteiger partial charge in [0.15, 0.2) is 0 Å². The summed E-state index contributed by atoms with van der Waals surface area (Å²) in [7, 11) is 0. The van der Waals surface area contributed by atoms with Gasteiger partial charge in [0.05, 0.1) is 32.5 Å². The Morgan fingerprint density at radius 3 is 2.10 bits per heavy atom. The highest BCUT2D eigenvalue weighted by Crippen LogP contribution is 2.40. The van der Waals surface area contributed by atoms with Crippen LogP contribution in [-0.2, 0) is 32.2 Å². The summed E-state index contributed by atoms with van der Waals surface area (Å²) >= 11 is 0. The van der Waals surface area contributed by atoms with Crippen LogP contribution in [-0.4, -0.2) is 64.8 Å². The highest BCUT2D eigenvalue weighted by atomic mass is 16.7. The third-order valence-electron chi connectivity index (χ3n) is 5.53. The van der Waals surface area contributed by atoms with Gasteiger partial charge in [-0.2, -0.15) is 0 Å². The van der Waals surface area contributed by atoms with Gasteiger partial charge in [0.25, 0.3) is 0 Å². The molecule has 0 aromatic heterocycles.